The van der Waals surface area contributed by atoms with Gasteiger partial charge in [0.2, 0.25) is 0 Å². The van der Waals surface area contributed by atoms with Gasteiger partial charge in [0, 0.05) is 16.9 Å². The molecule has 0 bridgehead atoms. The van der Waals surface area contributed by atoms with Crippen LogP contribution in [0.3, 0.4) is 0 Å². The van der Waals surface area contributed by atoms with Crippen LogP contribution < -0.4 is 5.32 Å². The summed E-state index contributed by atoms with van der Waals surface area (Å²) >= 11 is 3.50. The smallest absolute Gasteiger partial charge is 0.305 e. The molecule has 0 heterocycles. The molecule has 1 aliphatic rings. The van der Waals surface area contributed by atoms with Gasteiger partial charge >= 0.3 is 5.97 Å². The minimum Gasteiger partial charge on any atom is -0.469 e. The number of rotatable bonds is 5. The Bertz CT molecular complexity index is 434. The van der Waals surface area contributed by atoms with Crippen LogP contribution in [0.4, 0.5) is 0 Å². The Balaban J connectivity index is 1.81. The van der Waals surface area contributed by atoms with Gasteiger partial charge in [-0.2, -0.15) is 0 Å². The van der Waals surface area contributed by atoms with E-state index in [1.165, 1.54) is 18.2 Å². The Hall–Kier alpha value is -0.870. The van der Waals surface area contributed by atoms with Gasteiger partial charge in [0.15, 0.2) is 0 Å². The normalized spacial score (nSPS) is 17.6. The molecule has 2 rings (SSSR count). The fourth-order valence-electron chi connectivity index (χ4n) is 2.41. The lowest BCUT2D eigenvalue weighted by Gasteiger charge is -2.13. The van der Waals surface area contributed by atoms with E-state index >= 15 is 0 Å². The summed E-state index contributed by atoms with van der Waals surface area (Å²) in [4.78, 5) is 11.0. The number of halogens is 1. The molecule has 1 unspecified atom stereocenters. The van der Waals surface area contributed by atoms with Gasteiger partial charge in [-0.15, -0.1) is 0 Å². The molecule has 0 spiro atoms. The van der Waals surface area contributed by atoms with Gasteiger partial charge in [0.25, 0.3) is 0 Å². The van der Waals surface area contributed by atoms with Crippen molar-refractivity contribution in [3.05, 3.63) is 33.8 Å². The number of hydrogen-bond donors (Lipinski definition) is 1. The highest BCUT2D eigenvalue weighted by Gasteiger charge is 2.21. The lowest BCUT2D eigenvalue weighted by atomic mass is 10.1. The minimum absolute atomic E-state index is 0.132. The number of methoxy groups -OCH3 is 1. The van der Waals surface area contributed by atoms with E-state index in [9.17, 15) is 4.79 Å². The Kier molecular flexibility index (Phi) is 4.78. The fraction of sp³-hybridized carbons (Fsp3) is 0.500. The topological polar surface area (TPSA) is 38.3 Å². The standard InChI is InChI=1S/C14H18BrNO2/c1-18-14(17)3-2-8-16-13-7-4-10-9-11(15)5-6-12(10)13/h5-6,9,13,16H,2-4,7-8H2,1H3. The molecule has 0 amide bonds. The summed E-state index contributed by atoms with van der Waals surface area (Å²) in [6.45, 7) is 0.856. The second kappa shape index (κ2) is 6.34. The van der Waals surface area contributed by atoms with Crippen molar-refractivity contribution < 1.29 is 9.53 Å². The van der Waals surface area contributed by atoms with Crippen molar-refractivity contribution in [2.24, 2.45) is 0 Å². The molecule has 1 N–H and O–H groups in total. The molecular weight excluding hydrogens is 294 g/mol. The van der Waals surface area contributed by atoms with Crippen molar-refractivity contribution >= 4 is 21.9 Å². The third kappa shape index (κ3) is 3.33. The molecular formula is C14H18BrNO2. The lowest BCUT2D eigenvalue weighted by Crippen LogP contribution is -2.21. The van der Waals surface area contributed by atoms with Crippen LogP contribution in [0.1, 0.15) is 36.4 Å². The molecule has 1 atom stereocenters. The van der Waals surface area contributed by atoms with Crippen molar-refractivity contribution in [1.29, 1.82) is 0 Å². The van der Waals surface area contributed by atoms with E-state index in [1.807, 2.05) is 0 Å². The highest BCUT2D eigenvalue weighted by Crippen LogP contribution is 2.32. The van der Waals surface area contributed by atoms with Crippen molar-refractivity contribution in [3.8, 4) is 0 Å². The number of nitrogens with one attached hydrogen (secondary N) is 1. The lowest BCUT2D eigenvalue weighted by molar-refractivity contribution is -0.140. The number of benzene rings is 1. The first-order chi connectivity index (χ1) is 8.70. The quantitative estimate of drug-likeness (QED) is 0.671. The van der Waals surface area contributed by atoms with Crippen LogP contribution in [0.5, 0.6) is 0 Å². The van der Waals surface area contributed by atoms with Crippen LogP contribution in [0.15, 0.2) is 22.7 Å². The predicted octanol–water partition coefficient (Wildman–Crippen LogP) is 2.98. The summed E-state index contributed by atoms with van der Waals surface area (Å²) in [6.07, 6.45) is 3.59. The van der Waals surface area contributed by atoms with E-state index in [-0.39, 0.29) is 5.97 Å². The molecule has 4 heteroatoms. The maximum absolute atomic E-state index is 11.0. The SMILES string of the molecule is COC(=O)CCCNC1CCc2cc(Br)ccc21. The third-order valence-corrected chi connectivity index (χ3v) is 3.85. The number of fused-ring (bicyclic) bond motifs is 1. The molecule has 0 aromatic heterocycles. The van der Waals surface area contributed by atoms with Crippen molar-refractivity contribution in [2.75, 3.05) is 13.7 Å². The zero-order chi connectivity index (χ0) is 13.0. The van der Waals surface area contributed by atoms with Gasteiger partial charge in [-0.05, 0) is 49.1 Å². The Morgan fingerprint density at radius 3 is 3.17 bits per heavy atom. The van der Waals surface area contributed by atoms with Gasteiger partial charge in [0.1, 0.15) is 0 Å². The van der Waals surface area contributed by atoms with Gasteiger partial charge in [-0.1, -0.05) is 22.0 Å². The van der Waals surface area contributed by atoms with E-state index in [1.54, 1.807) is 0 Å². The molecule has 0 saturated heterocycles. The van der Waals surface area contributed by atoms with E-state index in [0.717, 1.165) is 30.3 Å². The zero-order valence-electron chi connectivity index (χ0n) is 10.5. The highest BCUT2D eigenvalue weighted by molar-refractivity contribution is 9.10. The summed E-state index contributed by atoms with van der Waals surface area (Å²) in [5, 5.41) is 3.51. The first kappa shape index (κ1) is 13.6. The largest absolute Gasteiger partial charge is 0.469 e. The summed E-state index contributed by atoms with van der Waals surface area (Å²) in [5.41, 5.74) is 2.83. The Morgan fingerprint density at radius 2 is 2.39 bits per heavy atom. The first-order valence-corrected chi connectivity index (χ1v) is 7.08. The number of carbonyl (C=O) groups excluding carboxylic acids is 1. The maximum Gasteiger partial charge on any atom is 0.305 e. The number of carbonyl (C=O) groups is 1. The molecule has 3 nitrogen and oxygen atoms in total. The van der Waals surface area contributed by atoms with Gasteiger partial charge in [-0.3, -0.25) is 4.79 Å². The molecule has 18 heavy (non-hydrogen) atoms. The number of ether oxygens (including phenoxy) is 1. The van der Waals surface area contributed by atoms with Crippen molar-refractivity contribution in [3.63, 3.8) is 0 Å². The van der Waals surface area contributed by atoms with Crippen LogP contribution >= 0.6 is 15.9 Å². The predicted molar refractivity (Wildman–Crippen MR) is 74.5 cm³/mol. The monoisotopic (exact) mass is 311 g/mol. The number of esters is 1. The Labute approximate surface area is 116 Å². The average Bonchev–Trinajstić information content (AvgIpc) is 2.76. The van der Waals surface area contributed by atoms with Crippen LogP contribution in [0.2, 0.25) is 0 Å². The third-order valence-electron chi connectivity index (χ3n) is 3.36. The first-order valence-electron chi connectivity index (χ1n) is 6.29. The Morgan fingerprint density at radius 1 is 1.56 bits per heavy atom. The summed E-state index contributed by atoms with van der Waals surface area (Å²) in [7, 11) is 1.43. The van der Waals surface area contributed by atoms with Crippen molar-refractivity contribution in [1.82, 2.24) is 5.32 Å². The summed E-state index contributed by atoms with van der Waals surface area (Å²) in [6, 6.07) is 6.91. The van der Waals surface area contributed by atoms with E-state index in [2.05, 4.69) is 44.2 Å². The molecule has 1 aliphatic carbocycles. The second-order valence-corrected chi connectivity index (χ2v) is 5.48. The molecule has 0 saturated carbocycles. The number of aryl methyl sites for hydroxylation is 1. The maximum atomic E-state index is 11.0. The molecule has 1 aromatic rings. The summed E-state index contributed by atoms with van der Waals surface area (Å²) < 4.78 is 5.77. The van der Waals surface area contributed by atoms with Gasteiger partial charge in [-0.25, -0.2) is 0 Å². The molecule has 0 radical (unpaired) electrons. The van der Waals surface area contributed by atoms with Gasteiger partial charge < -0.3 is 10.1 Å². The van der Waals surface area contributed by atoms with Crippen LogP contribution in [-0.4, -0.2) is 19.6 Å². The van der Waals surface area contributed by atoms with Crippen molar-refractivity contribution in [2.45, 2.75) is 31.7 Å². The zero-order valence-corrected chi connectivity index (χ0v) is 12.1. The molecule has 1 aromatic carbocycles. The minimum atomic E-state index is -0.132. The highest BCUT2D eigenvalue weighted by atomic mass is 79.9. The fourth-order valence-corrected chi connectivity index (χ4v) is 2.82. The van der Waals surface area contributed by atoms with E-state index in [0.29, 0.717) is 12.5 Å². The number of hydrogen-bond acceptors (Lipinski definition) is 3. The van der Waals surface area contributed by atoms with Crippen LogP contribution in [0, 0.1) is 0 Å². The van der Waals surface area contributed by atoms with Crippen LogP contribution in [-0.2, 0) is 16.0 Å². The molecule has 98 valence electrons. The second-order valence-electron chi connectivity index (χ2n) is 4.57. The average molecular weight is 312 g/mol. The molecule has 0 aliphatic heterocycles. The van der Waals surface area contributed by atoms with Crippen LogP contribution in [0.25, 0.3) is 0 Å². The summed E-state index contributed by atoms with van der Waals surface area (Å²) in [5.74, 6) is -0.132. The van der Waals surface area contributed by atoms with Gasteiger partial charge in [0.05, 0.1) is 7.11 Å². The van der Waals surface area contributed by atoms with E-state index < -0.39 is 0 Å². The molecule has 0 fully saturated rings. The van der Waals surface area contributed by atoms with E-state index in [4.69, 9.17) is 0 Å².